The summed E-state index contributed by atoms with van der Waals surface area (Å²) in [5.41, 5.74) is 7.86. The zero-order valence-electron chi connectivity index (χ0n) is 8.06. The number of aryl methyl sites for hydroxylation is 1. The zero-order chi connectivity index (χ0) is 10.7. The number of nitrogens with two attached hydrogens (primary N) is 1. The number of nitrogens with zero attached hydrogens (tertiary/aromatic N) is 1. The average molecular weight is 205 g/mol. The maximum absolute atomic E-state index is 10.7. The number of rotatable bonds is 4. The molecule has 0 unspecified atom stereocenters. The number of hydrogen-bond acceptors (Lipinski definition) is 3. The smallest absolute Gasteiger partial charge is 0.217 e. The number of H-pyrrole nitrogens is 1. The van der Waals surface area contributed by atoms with E-state index in [2.05, 4.69) is 10.2 Å². The number of primary amides is 1. The third kappa shape index (κ3) is 2.07. The zero-order valence-corrected chi connectivity index (χ0v) is 8.06. The molecule has 0 saturated carbocycles. The van der Waals surface area contributed by atoms with Crippen LogP contribution in [-0.2, 0) is 11.2 Å². The number of furan rings is 1. The second-order valence-corrected chi connectivity index (χ2v) is 3.25. The fourth-order valence-electron chi connectivity index (χ4n) is 1.42. The van der Waals surface area contributed by atoms with Crippen LogP contribution in [0.4, 0.5) is 0 Å². The largest absolute Gasteiger partial charge is 0.472 e. The molecule has 0 aliphatic carbocycles. The molecule has 2 heterocycles. The molecule has 2 aromatic heterocycles. The molecule has 3 N–H and O–H groups in total. The lowest BCUT2D eigenvalue weighted by molar-refractivity contribution is -0.117. The van der Waals surface area contributed by atoms with Gasteiger partial charge in [0.2, 0.25) is 5.91 Å². The topological polar surface area (TPSA) is 84.9 Å². The molecule has 5 heteroatoms. The van der Waals surface area contributed by atoms with Crippen molar-refractivity contribution in [1.82, 2.24) is 10.2 Å². The standard InChI is InChI=1S/C10H11N3O2/c11-9(14)2-1-7-5-12-13-10(7)8-3-4-15-6-8/h3-6H,1-2H2,(H2,11,14)(H,12,13). The maximum atomic E-state index is 10.7. The fourth-order valence-corrected chi connectivity index (χ4v) is 1.42. The normalized spacial score (nSPS) is 10.4. The SMILES string of the molecule is NC(=O)CCc1cn[nH]c1-c1ccoc1. The molecule has 0 saturated heterocycles. The van der Waals surface area contributed by atoms with Gasteiger partial charge < -0.3 is 10.2 Å². The summed E-state index contributed by atoms with van der Waals surface area (Å²) < 4.78 is 4.98. The Hall–Kier alpha value is -2.04. The number of carbonyl (C=O) groups excluding carboxylic acids is 1. The van der Waals surface area contributed by atoms with Gasteiger partial charge in [-0.15, -0.1) is 0 Å². The molecule has 15 heavy (non-hydrogen) atoms. The van der Waals surface area contributed by atoms with E-state index in [4.69, 9.17) is 10.2 Å². The molecule has 0 aliphatic rings. The fraction of sp³-hybridized carbons (Fsp3) is 0.200. The van der Waals surface area contributed by atoms with Crippen molar-refractivity contribution in [3.05, 3.63) is 30.4 Å². The maximum Gasteiger partial charge on any atom is 0.217 e. The van der Waals surface area contributed by atoms with E-state index in [1.165, 1.54) is 0 Å². The van der Waals surface area contributed by atoms with Crippen LogP contribution in [0.15, 0.2) is 29.2 Å². The Morgan fingerprint density at radius 2 is 2.47 bits per heavy atom. The van der Waals surface area contributed by atoms with E-state index in [-0.39, 0.29) is 5.91 Å². The summed E-state index contributed by atoms with van der Waals surface area (Å²) in [5.74, 6) is -0.311. The van der Waals surface area contributed by atoms with Gasteiger partial charge in [0.25, 0.3) is 0 Å². The van der Waals surface area contributed by atoms with Gasteiger partial charge in [-0.1, -0.05) is 0 Å². The van der Waals surface area contributed by atoms with Gasteiger partial charge in [0.05, 0.1) is 24.4 Å². The lowest BCUT2D eigenvalue weighted by atomic mass is 10.1. The molecule has 0 fully saturated rings. The first-order valence-corrected chi connectivity index (χ1v) is 4.60. The van der Waals surface area contributed by atoms with Gasteiger partial charge in [0.1, 0.15) is 0 Å². The minimum absolute atomic E-state index is 0.311. The van der Waals surface area contributed by atoms with Gasteiger partial charge in [-0.05, 0) is 18.1 Å². The summed E-state index contributed by atoms with van der Waals surface area (Å²) in [6.45, 7) is 0. The average Bonchev–Trinajstić information content (AvgIpc) is 2.85. The number of aromatic amines is 1. The Morgan fingerprint density at radius 3 is 3.13 bits per heavy atom. The Balaban J connectivity index is 2.19. The summed E-state index contributed by atoms with van der Waals surface area (Å²) in [6, 6.07) is 1.83. The van der Waals surface area contributed by atoms with Crippen LogP contribution in [0.1, 0.15) is 12.0 Å². The molecular weight excluding hydrogens is 194 g/mol. The number of hydrogen-bond donors (Lipinski definition) is 2. The molecule has 0 aromatic carbocycles. The summed E-state index contributed by atoms with van der Waals surface area (Å²) in [7, 11) is 0. The van der Waals surface area contributed by atoms with Crippen molar-refractivity contribution in [3.63, 3.8) is 0 Å². The van der Waals surface area contributed by atoms with E-state index < -0.39 is 0 Å². The first-order valence-electron chi connectivity index (χ1n) is 4.60. The molecule has 5 nitrogen and oxygen atoms in total. The van der Waals surface area contributed by atoms with Gasteiger partial charge >= 0.3 is 0 Å². The summed E-state index contributed by atoms with van der Waals surface area (Å²) in [4.78, 5) is 10.7. The van der Waals surface area contributed by atoms with Crippen LogP contribution in [0.5, 0.6) is 0 Å². The number of carbonyl (C=O) groups is 1. The predicted octanol–water partition coefficient (Wildman–Crippen LogP) is 1.09. The second kappa shape index (κ2) is 4.00. The van der Waals surface area contributed by atoms with E-state index >= 15 is 0 Å². The molecule has 78 valence electrons. The first kappa shape index (κ1) is 9.51. The van der Waals surface area contributed by atoms with Crippen LogP contribution < -0.4 is 5.73 Å². The number of aromatic nitrogens is 2. The van der Waals surface area contributed by atoms with E-state index in [1.807, 2.05) is 6.07 Å². The highest BCUT2D eigenvalue weighted by Gasteiger charge is 2.09. The molecule has 2 aromatic rings. The Morgan fingerprint density at radius 1 is 1.60 bits per heavy atom. The van der Waals surface area contributed by atoms with Crippen LogP contribution in [0.2, 0.25) is 0 Å². The van der Waals surface area contributed by atoms with Crippen molar-refractivity contribution in [2.75, 3.05) is 0 Å². The Bertz CT molecular complexity index is 445. The Kier molecular flexibility index (Phi) is 2.53. The van der Waals surface area contributed by atoms with E-state index in [1.54, 1.807) is 18.7 Å². The minimum Gasteiger partial charge on any atom is -0.472 e. The van der Waals surface area contributed by atoms with Crippen LogP contribution in [-0.4, -0.2) is 16.1 Å². The van der Waals surface area contributed by atoms with Crippen molar-refractivity contribution < 1.29 is 9.21 Å². The molecule has 1 amide bonds. The minimum atomic E-state index is -0.311. The molecule has 0 radical (unpaired) electrons. The highest BCUT2D eigenvalue weighted by molar-refractivity contribution is 5.74. The highest BCUT2D eigenvalue weighted by atomic mass is 16.3. The number of amides is 1. The number of nitrogens with one attached hydrogen (secondary N) is 1. The third-order valence-electron chi connectivity index (χ3n) is 2.17. The van der Waals surface area contributed by atoms with Crippen LogP contribution in [0.25, 0.3) is 11.3 Å². The summed E-state index contributed by atoms with van der Waals surface area (Å²) in [5, 5.41) is 6.81. The molecule has 0 atom stereocenters. The lowest BCUT2D eigenvalue weighted by Gasteiger charge is -1.98. The van der Waals surface area contributed by atoms with Gasteiger partial charge in [0.15, 0.2) is 0 Å². The first-order chi connectivity index (χ1) is 7.27. The van der Waals surface area contributed by atoms with E-state index in [0.717, 1.165) is 16.8 Å². The summed E-state index contributed by atoms with van der Waals surface area (Å²) in [6.07, 6.45) is 5.83. The van der Waals surface area contributed by atoms with Gasteiger partial charge in [-0.3, -0.25) is 9.89 Å². The van der Waals surface area contributed by atoms with Crippen molar-refractivity contribution in [3.8, 4) is 11.3 Å². The molecule has 0 bridgehead atoms. The monoisotopic (exact) mass is 205 g/mol. The quantitative estimate of drug-likeness (QED) is 0.783. The van der Waals surface area contributed by atoms with Crippen molar-refractivity contribution >= 4 is 5.91 Å². The van der Waals surface area contributed by atoms with Gasteiger partial charge in [-0.2, -0.15) is 5.10 Å². The van der Waals surface area contributed by atoms with Crippen LogP contribution in [0, 0.1) is 0 Å². The second-order valence-electron chi connectivity index (χ2n) is 3.25. The lowest BCUT2D eigenvalue weighted by Crippen LogP contribution is -2.11. The molecular formula is C10H11N3O2. The van der Waals surface area contributed by atoms with Crippen LogP contribution >= 0.6 is 0 Å². The van der Waals surface area contributed by atoms with E-state index in [0.29, 0.717) is 12.8 Å². The van der Waals surface area contributed by atoms with Crippen LogP contribution in [0.3, 0.4) is 0 Å². The third-order valence-corrected chi connectivity index (χ3v) is 2.17. The molecule has 0 aliphatic heterocycles. The van der Waals surface area contributed by atoms with Gasteiger partial charge in [-0.25, -0.2) is 0 Å². The van der Waals surface area contributed by atoms with Gasteiger partial charge in [0, 0.05) is 12.0 Å². The molecule has 0 spiro atoms. The highest BCUT2D eigenvalue weighted by Crippen LogP contribution is 2.22. The summed E-state index contributed by atoms with van der Waals surface area (Å²) >= 11 is 0. The predicted molar refractivity (Wildman–Crippen MR) is 53.8 cm³/mol. The Labute approximate surface area is 86.3 Å². The van der Waals surface area contributed by atoms with Crippen molar-refractivity contribution in [2.24, 2.45) is 5.73 Å². The van der Waals surface area contributed by atoms with Crippen molar-refractivity contribution in [2.45, 2.75) is 12.8 Å². The molecule has 2 rings (SSSR count). The van der Waals surface area contributed by atoms with E-state index in [9.17, 15) is 4.79 Å². The van der Waals surface area contributed by atoms with Crippen molar-refractivity contribution in [1.29, 1.82) is 0 Å².